The maximum atomic E-state index is 14.4. The molecular formula is C28H35N5O6. The number of unbranched alkanes of at least 4 members (excludes halogenated alkanes) is 1. The number of benzene rings is 1. The Morgan fingerprint density at radius 3 is 2.87 bits per heavy atom. The smallest absolute Gasteiger partial charge is 0.312 e. The van der Waals surface area contributed by atoms with Crippen LogP contribution in [0.4, 0.5) is 0 Å². The number of hydrogen-bond donors (Lipinski definition) is 1. The van der Waals surface area contributed by atoms with Crippen LogP contribution in [0.25, 0.3) is 11.0 Å². The lowest BCUT2D eigenvalue weighted by molar-refractivity contribution is -0.156. The summed E-state index contributed by atoms with van der Waals surface area (Å²) in [5, 5.41) is 18.5. The van der Waals surface area contributed by atoms with Gasteiger partial charge in [-0.05, 0) is 44.7 Å². The van der Waals surface area contributed by atoms with Crippen LogP contribution >= 0.6 is 0 Å². The van der Waals surface area contributed by atoms with Gasteiger partial charge in [0.15, 0.2) is 0 Å². The van der Waals surface area contributed by atoms with Crippen molar-refractivity contribution in [1.29, 1.82) is 0 Å². The van der Waals surface area contributed by atoms with Gasteiger partial charge in [0.1, 0.15) is 23.8 Å². The third kappa shape index (κ3) is 4.43. The molecule has 3 aliphatic rings. The minimum Gasteiger partial charge on any atom is -0.465 e. The topological polar surface area (TPSA) is 127 Å². The van der Waals surface area contributed by atoms with Crippen molar-refractivity contribution in [3.63, 3.8) is 0 Å². The van der Waals surface area contributed by atoms with E-state index in [2.05, 4.69) is 23.5 Å². The number of hydrogen-bond acceptors (Lipinski definition) is 8. The molecule has 0 aliphatic carbocycles. The largest absolute Gasteiger partial charge is 0.465 e. The molecule has 0 saturated carbocycles. The van der Waals surface area contributed by atoms with E-state index in [9.17, 15) is 19.5 Å². The molecule has 4 heterocycles. The maximum Gasteiger partial charge on any atom is 0.312 e. The number of para-hydroxylation sites is 1. The average Bonchev–Trinajstić information content (AvgIpc) is 3.69. The molecule has 1 aromatic heterocycles. The number of carbonyl (C=O) groups is 3. The first kappa shape index (κ1) is 27.0. The van der Waals surface area contributed by atoms with Crippen molar-refractivity contribution < 1.29 is 29.0 Å². The van der Waals surface area contributed by atoms with E-state index in [1.165, 1.54) is 4.90 Å². The maximum absolute atomic E-state index is 14.4. The lowest BCUT2D eigenvalue weighted by Gasteiger charge is -2.38. The first-order valence-corrected chi connectivity index (χ1v) is 13.4. The summed E-state index contributed by atoms with van der Waals surface area (Å²) in [6.45, 7) is 9.34. The van der Waals surface area contributed by atoms with Gasteiger partial charge in [0.05, 0.1) is 42.7 Å². The van der Waals surface area contributed by atoms with Crippen molar-refractivity contribution in [2.24, 2.45) is 11.8 Å². The number of amides is 2. The predicted octanol–water partition coefficient (Wildman–Crippen LogP) is 1.67. The second kappa shape index (κ2) is 10.9. The van der Waals surface area contributed by atoms with E-state index in [1.807, 2.05) is 24.3 Å². The Labute approximate surface area is 227 Å². The van der Waals surface area contributed by atoms with Crippen molar-refractivity contribution in [3.05, 3.63) is 49.6 Å². The van der Waals surface area contributed by atoms with E-state index < -0.39 is 41.6 Å². The van der Waals surface area contributed by atoms with Gasteiger partial charge in [-0.15, -0.1) is 18.3 Å². The Morgan fingerprint density at radius 2 is 2.13 bits per heavy atom. The highest BCUT2D eigenvalue weighted by Crippen LogP contribution is 2.59. The number of nitrogens with zero attached hydrogens (tertiary/aromatic N) is 5. The molecule has 2 bridgehead atoms. The van der Waals surface area contributed by atoms with Crippen LogP contribution in [0.2, 0.25) is 0 Å². The number of esters is 1. The van der Waals surface area contributed by atoms with Gasteiger partial charge < -0.3 is 24.4 Å². The molecule has 2 unspecified atom stereocenters. The molecule has 3 aliphatic heterocycles. The molecule has 3 saturated heterocycles. The fraction of sp³-hybridized carbons (Fsp3) is 0.536. The van der Waals surface area contributed by atoms with Gasteiger partial charge in [0, 0.05) is 6.54 Å². The summed E-state index contributed by atoms with van der Waals surface area (Å²) in [6.07, 6.45) is 5.21. The average molecular weight is 538 g/mol. The number of rotatable bonds is 12. The molecule has 11 heteroatoms. The Hall–Kier alpha value is -3.57. The summed E-state index contributed by atoms with van der Waals surface area (Å²) in [6, 6.07) is 5.76. The zero-order valence-corrected chi connectivity index (χ0v) is 22.1. The molecule has 5 rings (SSSR count). The van der Waals surface area contributed by atoms with E-state index in [-0.39, 0.29) is 38.2 Å². The van der Waals surface area contributed by atoms with Crippen LogP contribution in [-0.2, 0) is 30.5 Å². The third-order valence-electron chi connectivity index (χ3n) is 8.17. The SMILES string of the molecule is C=CCCCOC(=O)[C@@H]1[C@H]2C(=O)N([C@H](C)CO)C(C(=O)N(CC=C)Cn3nnc4ccccc43)C23CC[C@H]1O3. The van der Waals surface area contributed by atoms with Gasteiger partial charge in [-0.25, -0.2) is 4.68 Å². The van der Waals surface area contributed by atoms with Crippen LogP contribution in [0.3, 0.4) is 0 Å². The van der Waals surface area contributed by atoms with Gasteiger partial charge in [-0.3, -0.25) is 14.4 Å². The highest BCUT2D eigenvalue weighted by molar-refractivity contribution is 5.98. The molecule has 2 aromatic rings. The fourth-order valence-corrected chi connectivity index (χ4v) is 6.43. The van der Waals surface area contributed by atoms with Crippen LogP contribution in [0.5, 0.6) is 0 Å². The fourth-order valence-electron chi connectivity index (χ4n) is 6.43. The van der Waals surface area contributed by atoms with Crippen LogP contribution in [0.1, 0.15) is 32.6 Å². The van der Waals surface area contributed by atoms with E-state index in [0.717, 1.165) is 5.52 Å². The van der Waals surface area contributed by atoms with Crippen molar-refractivity contribution >= 4 is 28.8 Å². The standard InChI is InChI=1S/C28H35N5O6/c1-4-6-9-15-38-27(37)22-21-12-13-28(39-21)23(22)25(35)33(18(3)16-34)24(28)26(36)31(14-5-2)17-32-20-11-8-7-10-19(20)29-30-32/h4-5,7-8,10-11,18,21-24,34H,1-2,6,9,12-17H2,3H3/t18-,21-,22+,23+,24?,28?/m1/s1. The minimum absolute atomic E-state index is 0.0797. The summed E-state index contributed by atoms with van der Waals surface area (Å²) in [7, 11) is 0. The van der Waals surface area contributed by atoms with Crippen molar-refractivity contribution in [3.8, 4) is 0 Å². The van der Waals surface area contributed by atoms with Crippen molar-refractivity contribution in [1.82, 2.24) is 24.8 Å². The number of carbonyl (C=O) groups excluding carboxylic acids is 3. The zero-order valence-electron chi connectivity index (χ0n) is 22.1. The van der Waals surface area contributed by atoms with Gasteiger partial charge in [0.25, 0.3) is 0 Å². The Balaban J connectivity index is 1.47. The Kier molecular flexibility index (Phi) is 7.55. The molecule has 3 fully saturated rings. The van der Waals surface area contributed by atoms with Crippen LogP contribution in [0, 0.1) is 11.8 Å². The summed E-state index contributed by atoms with van der Waals surface area (Å²) in [5.41, 5.74) is 0.272. The second-order valence-electron chi connectivity index (χ2n) is 10.5. The van der Waals surface area contributed by atoms with Crippen LogP contribution in [-0.4, -0.2) is 91.2 Å². The van der Waals surface area contributed by atoms with E-state index in [1.54, 1.807) is 28.7 Å². The molecule has 11 nitrogen and oxygen atoms in total. The lowest BCUT2D eigenvalue weighted by Crippen LogP contribution is -2.58. The van der Waals surface area contributed by atoms with Gasteiger partial charge >= 0.3 is 5.97 Å². The number of likely N-dealkylation sites (tertiary alicyclic amines) is 1. The Morgan fingerprint density at radius 1 is 1.33 bits per heavy atom. The molecule has 39 heavy (non-hydrogen) atoms. The first-order chi connectivity index (χ1) is 18.9. The van der Waals surface area contributed by atoms with Gasteiger partial charge in [-0.1, -0.05) is 29.5 Å². The molecule has 2 amide bonds. The second-order valence-corrected chi connectivity index (χ2v) is 10.5. The van der Waals surface area contributed by atoms with Crippen molar-refractivity contribution in [2.75, 3.05) is 19.8 Å². The monoisotopic (exact) mass is 537 g/mol. The lowest BCUT2D eigenvalue weighted by atomic mass is 9.70. The molecule has 1 aromatic carbocycles. The molecular weight excluding hydrogens is 502 g/mol. The van der Waals surface area contributed by atoms with E-state index >= 15 is 0 Å². The minimum atomic E-state index is -1.18. The summed E-state index contributed by atoms with van der Waals surface area (Å²) < 4.78 is 13.6. The predicted molar refractivity (Wildman–Crippen MR) is 141 cm³/mol. The number of ether oxygens (including phenoxy) is 2. The summed E-state index contributed by atoms with van der Waals surface area (Å²) >= 11 is 0. The quantitative estimate of drug-likeness (QED) is 0.246. The van der Waals surface area contributed by atoms with Crippen molar-refractivity contribution in [2.45, 2.75) is 63.1 Å². The van der Waals surface area contributed by atoms with E-state index in [4.69, 9.17) is 9.47 Å². The normalized spacial score (nSPS) is 27.9. The summed E-state index contributed by atoms with van der Waals surface area (Å²) in [5.74, 6) is -2.86. The number of aliphatic hydroxyl groups is 1. The summed E-state index contributed by atoms with van der Waals surface area (Å²) in [4.78, 5) is 44.5. The van der Waals surface area contributed by atoms with Crippen LogP contribution < -0.4 is 0 Å². The van der Waals surface area contributed by atoms with Gasteiger partial charge in [-0.2, -0.15) is 0 Å². The zero-order chi connectivity index (χ0) is 27.7. The molecule has 0 radical (unpaired) electrons. The molecule has 6 atom stereocenters. The van der Waals surface area contributed by atoms with Crippen LogP contribution in [0.15, 0.2) is 49.6 Å². The number of aliphatic hydroxyl groups excluding tert-OH is 1. The number of aromatic nitrogens is 3. The molecule has 1 spiro atoms. The number of fused-ring (bicyclic) bond motifs is 2. The highest BCUT2D eigenvalue weighted by Gasteiger charge is 2.75. The van der Waals surface area contributed by atoms with E-state index in [0.29, 0.717) is 31.2 Å². The first-order valence-electron chi connectivity index (χ1n) is 13.4. The molecule has 208 valence electrons. The Bertz CT molecular complexity index is 1280. The third-order valence-corrected chi connectivity index (χ3v) is 8.17. The number of allylic oxidation sites excluding steroid dienone is 1. The van der Waals surface area contributed by atoms with Gasteiger partial charge in [0.2, 0.25) is 11.8 Å². The molecule has 1 N–H and O–H groups in total. The highest BCUT2D eigenvalue weighted by atomic mass is 16.6.